The van der Waals surface area contributed by atoms with E-state index in [2.05, 4.69) is 12.2 Å². The molecule has 5 heteroatoms. The van der Waals surface area contributed by atoms with Gasteiger partial charge in [0, 0.05) is 31.5 Å². The molecule has 0 spiro atoms. The summed E-state index contributed by atoms with van der Waals surface area (Å²) >= 11 is 1.68. The van der Waals surface area contributed by atoms with Gasteiger partial charge in [0.05, 0.1) is 5.75 Å². The van der Waals surface area contributed by atoms with E-state index in [9.17, 15) is 4.79 Å². The zero-order chi connectivity index (χ0) is 13.2. The highest BCUT2D eigenvalue weighted by Gasteiger charge is 2.18. The molecule has 1 aliphatic heterocycles. The van der Waals surface area contributed by atoms with E-state index in [0.717, 1.165) is 51.1 Å². The molecule has 1 atom stereocenters. The third kappa shape index (κ3) is 6.07. The van der Waals surface area contributed by atoms with Gasteiger partial charge in [-0.3, -0.25) is 4.79 Å². The number of nitrogens with one attached hydrogen (secondary N) is 1. The number of nitrogens with zero attached hydrogens (tertiary/aromatic N) is 1. The summed E-state index contributed by atoms with van der Waals surface area (Å²) in [6.07, 6.45) is 4.17. The molecule has 106 valence electrons. The molecule has 1 fully saturated rings. The van der Waals surface area contributed by atoms with Crippen molar-refractivity contribution in [2.45, 2.75) is 38.6 Å². The summed E-state index contributed by atoms with van der Waals surface area (Å²) in [5.41, 5.74) is 0. The molecule has 1 aliphatic rings. The summed E-state index contributed by atoms with van der Waals surface area (Å²) in [5, 5.41) is 12.4. The lowest BCUT2D eigenvalue weighted by atomic mass is 10.2. The molecule has 4 nitrogen and oxygen atoms in total. The van der Waals surface area contributed by atoms with Crippen LogP contribution in [0.1, 0.15) is 32.6 Å². The van der Waals surface area contributed by atoms with Crippen molar-refractivity contribution in [3.05, 3.63) is 0 Å². The highest BCUT2D eigenvalue weighted by molar-refractivity contribution is 7.99. The van der Waals surface area contributed by atoms with E-state index < -0.39 is 0 Å². The largest absolute Gasteiger partial charge is 0.396 e. The van der Waals surface area contributed by atoms with Crippen molar-refractivity contribution in [1.29, 1.82) is 0 Å². The van der Waals surface area contributed by atoms with Gasteiger partial charge in [0.2, 0.25) is 5.91 Å². The van der Waals surface area contributed by atoms with Crippen LogP contribution in [0, 0.1) is 0 Å². The normalized spacial score (nSPS) is 17.1. The topological polar surface area (TPSA) is 52.6 Å². The van der Waals surface area contributed by atoms with Gasteiger partial charge >= 0.3 is 0 Å². The number of carbonyl (C=O) groups is 1. The summed E-state index contributed by atoms with van der Waals surface area (Å²) < 4.78 is 0. The van der Waals surface area contributed by atoms with Crippen molar-refractivity contribution in [3.63, 3.8) is 0 Å². The van der Waals surface area contributed by atoms with Crippen LogP contribution in [0.4, 0.5) is 0 Å². The average molecular weight is 274 g/mol. The quantitative estimate of drug-likeness (QED) is 0.661. The third-order valence-electron chi connectivity index (χ3n) is 3.16. The summed E-state index contributed by atoms with van der Waals surface area (Å²) in [7, 11) is 0. The summed E-state index contributed by atoms with van der Waals surface area (Å²) in [6, 6.07) is 0.325. The molecule has 0 bridgehead atoms. The Bertz CT molecular complexity index is 233. The number of rotatable bonds is 9. The van der Waals surface area contributed by atoms with Crippen LogP contribution in [-0.2, 0) is 4.79 Å². The van der Waals surface area contributed by atoms with Gasteiger partial charge in [0.25, 0.3) is 0 Å². The summed E-state index contributed by atoms with van der Waals surface area (Å²) in [4.78, 5) is 13.8. The lowest BCUT2D eigenvalue weighted by Gasteiger charge is -2.18. The fraction of sp³-hybridized carbons (Fsp3) is 0.923. The number of aliphatic hydroxyl groups excluding tert-OH is 1. The Labute approximate surface area is 115 Å². The van der Waals surface area contributed by atoms with Gasteiger partial charge in [-0.15, -0.1) is 0 Å². The maximum Gasteiger partial charge on any atom is 0.232 e. The minimum atomic E-state index is 0.210. The van der Waals surface area contributed by atoms with Crippen LogP contribution in [-0.4, -0.2) is 59.7 Å². The summed E-state index contributed by atoms with van der Waals surface area (Å²) in [5.74, 6) is 1.76. The van der Waals surface area contributed by atoms with Crippen molar-refractivity contribution in [2.24, 2.45) is 0 Å². The lowest BCUT2D eigenvalue weighted by Crippen LogP contribution is -2.34. The first-order valence-corrected chi connectivity index (χ1v) is 8.13. The second-order valence-corrected chi connectivity index (χ2v) is 5.80. The van der Waals surface area contributed by atoms with Crippen LogP contribution in [0.15, 0.2) is 0 Å². The Morgan fingerprint density at radius 3 is 2.78 bits per heavy atom. The van der Waals surface area contributed by atoms with E-state index in [0.29, 0.717) is 11.8 Å². The fourth-order valence-corrected chi connectivity index (χ4v) is 3.14. The predicted molar refractivity (Wildman–Crippen MR) is 76.9 cm³/mol. The molecule has 0 aromatic rings. The SMILES string of the molecule is CCCNC(CCO)CSCC(=O)N1CCCC1. The molecular formula is C13H26N2O2S. The van der Waals surface area contributed by atoms with Crippen LogP contribution in [0.2, 0.25) is 0 Å². The number of hydrogen-bond acceptors (Lipinski definition) is 4. The van der Waals surface area contributed by atoms with Crippen molar-refractivity contribution in [2.75, 3.05) is 37.7 Å². The Hall–Kier alpha value is -0.260. The second-order valence-electron chi connectivity index (χ2n) is 4.77. The molecular weight excluding hydrogens is 248 g/mol. The van der Waals surface area contributed by atoms with Crippen molar-refractivity contribution >= 4 is 17.7 Å². The molecule has 1 unspecified atom stereocenters. The Kier molecular flexibility index (Phi) is 8.46. The molecule has 1 heterocycles. The zero-order valence-electron chi connectivity index (χ0n) is 11.4. The Balaban J connectivity index is 2.14. The zero-order valence-corrected chi connectivity index (χ0v) is 12.2. The number of carbonyl (C=O) groups excluding carboxylic acids is 1. The highest BCUT2D eigenvalue weighted by atomic mass is 32.2. The summed E-state index contributed by atoms with van der Waals surface area (Å²) in [6.45, 7) is 5.20. The van der Waals surface area contributed by atoms with Crippen LogP contribution in [0.5, 0.6) is 0 Å². The molecule has 18 heavy (non-hydrogen) atoms. The van der Waals surface area contributed by atoms with Crippen LogP contribution in [0.25, 0.3) is 0 Å². The van der Waals surface area contributed by atoms with Crippen molar-refractivity contribution in [1.82, 2.24) is 10.2 Å². The maximum atomic E-state index is 11.8. The number of thioether (sulfide) groups is 1. The molecule has 1 saturated heterocycles. The van der Waals surface area contributed by atoms with E-state index >= 15 is 0 Å². The first-order valence-electron chi connectivity index (χ1n) is 6.97. The predicted octanol–water partition coefficient (Wildman–Crippen LogP) is 1.09. The third-order valence-corrected chi connectivity index (χ3v) is 4.25. The van der Waals surface area contributed by atoms with E-state index in [1.807, 2.05) is 4.90 Å². The smallest absolute Gasteiger partial charge is 0.232 e. The lowest BCUT2D eigenvalue weighted by molar-refractivity contribution is -0.127. The minimum Gasteiger partial charge on any atom is -0.396 e. The Morgan fingerprint density at radius 1 is 1.44 bits per heavy atom. The van der Waals surface area contributed by atoms with Gasteiger partial charge in [-0.05, 0) is 32.2 Å². The van der Waals surface area contributed by atoms with E-state index in [1.54, 1.807) is 11.8 Å². The van der Waals surface area contributed by atoms with Gasteiger partial charge in [0.15, 0.2) is 0 Å². The number of likely N-dealkylation sites (tertiary alicyclic amines) is 1. The van der Waals surface area contributed by atoms with Crippen LogP contribution >= 0.6 is 11.8 Å². The standard InChI is InChI=1S/C13H26N2O2S/c1-2-6-14-12(5-9-16)10-18-11-13(17)15-7-3-4-8-15/h12,14,16H,2-11H2,1H3. The molecule has 2 N–H and O–H groups in total. The molecule has 0 radical (unpaired) electrons. The Morgan fingerprint density at radius 2 is 2.17 bits per heavy atom. The van der Waals surface area contributed by atoms with Gasteiger partial charge in [0.1, 0.15) is 0 Å². The fourth-order valence-electron chi connectivity index (χ4n) is 2.09. The van der Waals surface area contributed by atoms with Crippen molar-refractivity contribution < 1.29 is 9.90 Å². The maximum absolute atomic E-state index is 11.8. The monoisotopic (exact) mass is 274 g/mol. The highest BCUT2D eigenvalue weighted by Crippen LogP contribution is 2.12. The average Bonchev–Trinajstić information content (AvgIpc) is 2.89. The molecule has 1 amide bonds. The van der Waals surface area contributed by atoms with Gasteiger partial charge in [-0.25, -0.2) is 0 Å². The van der Waals surface area contributed by atoms with Crippen LogP contribution < -0.4 is 5.32 Å². The minimum absolute atomic E-state index is 0.210. The number of aliphatic hydroxyl groups is 1. The van der Waals surface area contributed by atoms with Gasteiger partial charge in [-0.2, -0.15) is 11.8 Å². The van der Waals surface area contributed by atoms with E-state index in [1.165, 1.54) is 0 Å². The first kappa shape index (κ1) is 15.8. The molecule has 0 aromatic carbocycles. The number of hydrogen-bond donors (Lipinski definition) is 2. The molecule has 1 rings (SSSR count). The second kappa shape index (κ2) is 9.64. The van der Waals surface area contributed by atoms with Crippen molar-refractivity contribution in [3.8, 4) is 0 Å². The van der Waals surface area contributed by atoms with Gasteiger partial charge in [-0.1, -0.05) is 6.92 Å². The molecule has 0 aliphatic carbocycles. The van der Waals surface area contributed by atoms with Gasteiger partial charge < -0.3 is 15.3 Å². The molecule has 0 saturated carbocycles. The first-order chi connectivity index (χ1) is 8.77. The number of amides is 1. The van der Waals surface area contributed by atoms with Crippen LogP contribution in [0.3, 0.4) is 0 Å². The van der Waals surface area contributed by atoms with E-state index in [4.69, 9.17) is 5.11 Å². The van der Waals surface area contributed by atoms with E-state index in [-0.39, 0.29) is 12.5 Å². The molecule has 0 aromatic heterocycles.